The summed E-state index contributed by atoms with van der Waals surface area (Å²) >= 11 is 0. The first-order valence-electron chi connectivity index (χ1n) is 17.5. The summed E-state index contributed by atoms with van der Waals surface area (Å²) in [6.45, 7) is 0. The summed E-state index contributed by atoms with van der Waals surface area (Å²) in [7, 11) is 0. The number of hydrogen-bond donors (Lipinski definition) is 0. The molecule has 0 aliphatic carbocycles. The number of hydrogen-bond acceptors (Lipinski definition) is 4. The first kappa shape index (κ1) is 29.8. The molecule has 52 heavy (non-hydrogen) atoms. The Hall–Kier alpha value is -7.04. The van der Waals surface area contributed by atoms with Crippen molar-refractivity contribution in [1.82, 2.24) is 9.97 Å². The fraction of sp³-hybridized carbons (Fsp3) is 0. The Kier molecular flexibility index (Phi) is 7.10. The second-order valence-corrected chi connectivity index (χ2v) is 13.0. The molecule has 2 heterocycles. The maximum Gasteiger partial charge on any atom is 0.161 e. The molecular formula is C48H31N3O. The smallest absolute Gasteiger partial charge is 0.161 e. The lowest BCUT2D eigenvalue weighted by Crippen LogP contribution is -2.12. The summed E-state index contributed by atoms with van der Waals surface area (Å²) in [5.41, 5.74) is 11.5. The van der Waals surface area contributed by atoms with Crippen molar-refractivity contribution in [1.29, 1.82) is 0 Å². The van der Waals surface area contributed by atoms with Gasteiger partial charge in [-0.1, -0.05) is 133 Å². The molecule has 0 atom stereocenters. The lowest BCUT2D eigenvalue weighted by Gasteiger charge is -2.31. The second kappa shape index (κ2) is 12.4. The van der Waals surface area contributed by atoms with E-state index in [1.807, 2.05) is 24.3 Å². The van der Waals surface area contributed by atoms with Gasteiger partial charge in [0.15, 0.2) is 5.82 Å². The Morgan fingerprint density at radius 2 is 1.04 bits per heavy atom. The monoisotopic (exact) mass is 665 g/mol. The van der Waals surface area contributed by atoms with Gasteiger partial charge in [0, 0.05) is 38.8 Å². The quantitative estimate of drug-likeness (QED) is 0.177. The number of fused-ring (bicyclic) bond motifs is 3. The molecule has 0 amide bonds. The Labute approximate surface area is 301 Å². The van der Waals surface area contributed by atoms with Gasteiger partial charge in [-0.15, -0.1) is 0 Å². The normalized spacial score (nSPS) is 11.6. The summed E-state index contributed by atoms with van der Waals surface area (Å²) in [4.78, 5) is 12.7. The highest BCUT2D eigenvalue weighted by molar-refractivity contribution is 6.12. The minimum absolute atomic E-state index is 0.685. The number of ether oxygens (including phenoxy) is 1. The SMILES string of the molecule is c1ccc(-c2ccc(N(c3ccccc3)c3cccc4c3-c3cccc5c(-c6nc(-c7ccccc7)c7ccccc7n6)ccc(c35)O4)cc2)cc1. The molecule has 9 aromatic rings. The largest absolute Gasteiger partial charge is 0.456 e. The van der Waals surface area contributed by atoms with Crippen molar-refractivity contribution in [2.24, 2.45) is 0 Å². The molecule has 1 aromatic heterocycles. The topological polar surface area (TPSA) is 38.2 Å². The molecule has 10 rings (SSSR count). The first-order chi connectivity index (χ1) is 25.8. The van der Waals surface area contributed by atoms with Gasteiger partial charge in [-0.3, -0.25) is 0 Å². The van der Waals surface area contributed by atoms with Crippen molar-refractivity contribution in [3.8, 4) is 56.4 Å². The number of nitrogens with zero attached hydrogens (tertiary/aromatic N) is 3. The zero-order chi connectivity index (χ0) is 34.4. The van der Waals surface area contributed by atoms with Crippen LogP contribution in [0.5, 0.6) is 11.5 Å². The average Bonchev–Trinajstić information content (AvgIpc) is 3.22. The summed E-state index contributed by atoms with van der Waals surface area (Å²) in [6, 6.07) is 65.4. The predicted octanol–water partition coefficient (Wildman–Crippen LogP) is 13.0. The van der Waals surface area contributed by atoms with Crippen LogP contribution in [0.1, 0.15) is 0 Å². The Balaban J connectivity index is 1.16. The van der Waals surface area contributed by atoms with Gasteiger partial charge in [-0.05, 0) is 76.7 Å². The molecule has 0 bridgehead atoms. The highest BCUT2D eigenvalue weighted by atomic mass is 16.5. The fourth-order valence-electron chi connectivity index (χ4n) is 7.49. The van der Waals surface area contributed by atoms with Crippen molar-refractivity contribution < 1.29 is 4.74 Å². The standard InChI is InChI=1S/C48H31N3O/c1-4-14-32(15-5-1)33-26-28-36(29-27-33)51(35-18-8-3-9-19-35)42-24-13-25-43-46(42)40-22-12-21-37-38(30-31-44(52-43)45(37)40)48-49-41-23-11-10-20-39(41)47(50-48)34-16-6-2-7-17-34/h1-31H. The van der Waals surface area contributed by atoms with Crippen LogP contribution in [0.3, 0.4) is 0 Å². The van der Waals surface area contributed by atoms with E-state index in [4.69, 9.17) is 14.7 Å². The van der Waals surface area contributed by atoms with E-state index in [0.29, 0.717) is 5.82 Å². The summed E-state index contributed by atoms with van der Waals surface area (Å²) in [5, 5.41) is 3.12. The van der Waals surface area contributed by atoms with Crippen LogP contribution in [-0.4, -0.2) is 9.97 Å². The maximum atomic E-state index is 6.78. The molecule has 1 aliphatic rings. The predicted molar refractivity (Wildman–Crippen MR) is 214 cm³/mol. The number of benzene rings is 8. The van der Waals surface area contributed by atoms with Gasteiger partial charge in [0.25, 0.3) is 0 Å². The molecule has 0 saturated carbocycles. The molecule has 4 nitrogen and oxygen atoms in total. The lowest BCUT2D eigenvalue weighted by molar-refractivity contribution is 0.487. The highest BCUT2D eigenvalue weighted by Crippen LogP contribution is 2.53. The number of rotatable bonds is 6. The second-order valence-electron chi connectivity index (χ2n) is 13.0. The summed E-state index contributed by atoms with van der Waals surface area (Å²) < 4.78 is 6.78. The van der Waals surface area contributed by atoms with Gasteiger partial charge < -0.3 is 9.64 Å². The minimum atomic E-state index is 0.685. The third-order valence-corrected chi connectivity index (χ3v) is 9.88. The zero-order valence-electron chi connectivity index (χ0n) is 28.1. The van der Waals surface area contributed by atoms with Crippen LogP contribution in [0, 0.1) is 0 Å². The average molecular weight is 666 g/mol. The molecule has 8 aromatic carbocycles. The van der Waals surface area contributed by atoms with E-state index >= 15 is 0 Å². The van der Waals surface area contributed by atoms with Gasteiger partial charge >= 0.3 is 0 Å². The molecule has 4 heteroatoms. The fourth-order valence-corrected chi connectivity index (χ4v) is 7.49. The van der Waals surface area contributed by atoms with E-state index < -0.39 is 0 Å². The summed E-state index contributed by atoms with van der Waals surface area (Å²) in [5.74, 6) is 2.33. The van der Waals surface area contributed by atoms with Crippen LogP contribution in [0.4, 0.5) is 17.1 Å². The summed E-state index contributed by atoms with van der Waals surface area (Å²) in [6.07, 6.45) is 0. The first-order valence-corrected chi connectivity index (χ1v) is 17.5. The van der Waals surface area contributed by atoms with Crippen LogP contribution in [0.15, 0.2) is 188 Å². The van der Waals surface area contributed by atoms with Crippen molar-refractivity contribution in [3.63, 3.8) is 0 Å². The van der Waals surface area contributed by atoms with E-state index in [0.717, 1.165) is 78.2 Å². The number of anilines is 3. The molecule has 0 spiro atoms. The van der Waals surface area contributed by atoms with E-state index in [2.05, 4.69) is 169 Å². The molecule has 0 fully saturated rings. The minimum Gasteiger partial charge on any atom is -0.456 e. The zero-order valence-corrected chi connectivity index (χ0v) is 28.1. The van der Waals surface area contributed by atoms with Crippen molar-refractivity contribution in [2.75, 3.05) is 4.90 Å². The third-order valence-electron chi connectivity index (χ3n) is 9.88. The van der Waals surface area contributed by atoms with Crippen LogP contribution in [0.25, 0.3) is 66.6 Å². The molecule has 1 aliphatic heterocycles. The highest BCUT2D eigenvalue weighted by Gasteiger charge is 2.28. The van der Waals surface area contributed by atoms with Crippen LogP contribution < -0.4 is 9.64 Å². The Morgan fingerprint density at radius 1 is 0.404 bits per heavy atom. The number of aromatic nitrogens is 2. The van der Waals surface area contributed by atoms with Crippen LogP contribution in [-0.2, 0) is 0 Å². The van der Waals surface area contributed by atoms with Gasteiger partial charge in [-0.2, -0.15) is 0 Å². The van der Waals surface area contributed by atoms with E-state index in [1.54, 1.807) is 0 Å². The molecule has 244 valence electrons. The van der Waals surface area contributed by atoms with Crippen LogP contribution in [0.2, 0.25) is 0 Å². The molecule has 0 saturated heterocycles. The van der Waals surface area contributed by atoms with Crippen molar-refractivity contribution >= 4 is 38.7 Å². The van der Waals surface area contributed by atoms with Crippen molar-refractivity contribution in [2.45, 2.75) is 0 Å². The molecule has 0 unspecified atom stereocenters. The lowest BCUT2D eigenvalue weighted by atomic mass is 9.90. The molecular weight excluding hydrogens is 635 g/mol. The van der Waals surface area contributed by atoms with Gasteiger partial charge in [0.1, 0.15) is 11.5 Å². The van der Waals surface area contributed by atoms with Gasteiger partial charge in [0.2, 0.25) is 0 Å². The van der Waals surface area contributed by atoms with Crippen LogP contribution >= 0.6 is 0 Å². The maximum absolute atomic E-state index is 6.78. The molecule has 0 N–H and O–H groups in total. The van der Waals surface area contributed by atoms with E-state index in [1.165, 1.54) is 11.1 Å². The van der Waals surface area contributed by atoms with Crippen molar-refractivity contribution in [3.05, 3.63) is 188 Å². The van der Waals surface area contributed by atoms with E-state index in [-0.39, 0.29) is 0 Å². The Bertz CT molecular complexity index is 2750. The Morgan fingerprint density at radius 3 is 1.83 bits per heavy atom. The molecule has 0 radical (unpaired) electrons. The van der Waals surface area contributed by atoms with E-state index in [9.17, 15) is 0 Å². The number of para-hydroxylation sites is 2. The van der Waals surface area contributed by atoms with Gasteiger partial charge in [0.05, 0.1) is 16.9 Å². The van der Waals surface area contributed by atoms with Gasteiger partial charge in [-0.25, -0.2) is 9.97 Å². The third kappa shape index (κ3) is 5.00.